The Balaban J connectivity index is 1.78. The Hall–Kier alpha value is -2.05. The third kappa shape index (κ3) is 7.61. The van der Waals surface area contributed by atoms with Gasteiger partial charge in [-0.2, -0.15) is 0 Å². The number of nitrogens with zero attached hydrogens (tertiary/aromatic N) is 2. The van der Waals surface area contributed by atoms with Crippen molar-refractivity contribution in [2.75, 3.05) is 32.7 Å². The van der Waals surface area contributed by atoms with E-state index in [1.54, 1.807) is 31.7 Å². The summed E-state index contributed by atoms with van der Waals surface area (Å²) in [6.07, 6.45) is 7.61. The Morgan fingerprint density at radius 1 is 0.963 bits per heavy atom. The lowest BCUT2D eigenvalue weighted by molar-refractivity contribution is -0.131. The smallest absolute Gasteiger partial charge is 0.408 e. The molecule has 152 valence electrons. The van der Waals surface area contributed by atoms with Crippen molar-refractivity contribution in [1.29, 1.82) is 0 Å². The maximum absolute atomic E-state index is 12.5. The zero-order chi connectivity index (χ0) is 19.9. The highest BCUT2D eigenvalue weighted by molar-refractivity contribution is 5.88. The van der Waals surface area contributed by atoms with Gasteiger partial charge in [-0.1, -0.05) is 12.0 Å². The quantitative estimate of drug-likeness (QED) is 0.764. The van der Waals surface area contributed by atoms with E-state index in [1.807, 2.05) is 4.90 Å². The molecule has 0 aromatic carbocycles. The zero-order valence-corrected chi connectivity index (χ0v) is 16.9. The van der Waals surface area contributed by atoms with E-state index in [0.717, 1.165) is 19.3 Å². The molecule has 2 aliphatic rings. The molecule has 0 aromatic heterocycles. The molecule has 27 heavy (non-hydrogen) atoms. The van der Waals surface area contributed by atoms with Crippen LogP contribution in [0.25, 0.3) is 0 Å². The average molecular weight is 380 g/mol. The molecule has 3 amide bonds. The summed E-state index contributed by atoms with van der Waals surface area (Å²) in [6.45, 7) is 7.50. The largest absolute Gasteiger partial charge is 0.444 e. The Bertz CT molecular complexity index is 572. The number of amides is 3. The molecule has 0 aromatic rings. The molecule has 0 spiro atoms. The predicted octanol–water partition coefficient (Wildman–Crippen LogP) is 2.46. The number of ether oxygens (including phenoxy) is 1. The Morgan fingerprint density at radius 2 is 1.59 bits per heavy atom. The van der Waals surface area contributed by atoms with Gasteiger partial charge in [-0.05, 0) is 52.9 Å². The molecule has 1 aliphatic carbocycles. The van der Waals surface area contributed by atoms with Crippen molar-refractivity contribution in [3.8, 4) is 0 Å². The van der Waals surface area contributed by atoms with Gasteiger partial charge in [0, 0.05) is 32.3 Å². The molecule has 2 fully saturated rings. The molecule has 1 saturated heterocycles. The van der Waals surface area contributed by atoms with E-state index in [4.69, 9.17) is 4.74 Å². The number of hydrogen-bond acceptors (Lipinski definition) is 4. The minimum absolute atomic E-state index is 0.0630. The van der Waals surface area contributed by atoms with Gasteiger partial charge in [-0.25, -0.2) is 4.79 Å². The first-order valence-corrected chi connectivity index (χ1v) is 9.97. The van der Waals surface area contributed by atoms with E-state index in [-0.39, 0.29) is 18.4 Å². The Morgan fingerprint density at radius 3 is 2.26 bits per heavy atom. The third-order valence-electron chi connectivity index (χ3n) is 4.77. The standard InChI is InChI=1S/C20H33N3O4/c1-20(2,3)27-19(26)21-15-18(25)23-11-7-10-22(12-13-23)17(24)14-16-8-5-4-6-9-16/h14H,4-13,15H2,1-3H3,(H,21,26). The fourth-order valence-corrected chi connectivity index (χ4v) is 3.38. The van der Waals surface area contributed by atoms with E-state index >= 15 is 0 Å². The van der Waals surface area contributed by atoms with Gasteiger partial charge < -0.3 is 19.9 Å². The molecule has 0 unspecified atom stereocenters. The minimum Gasteiger partial charge on any atom is -0.444 e. The summed E-state index contributed by atoms with van der Waals surface area (Å²) in [6, 6.07) is 0. The first kappa shape index (κ1) is 21.3. The van der Waals surface area contributed by atoms with Crippen LogP contribution in [0, 0.1) is 0 Å². The molecule has 7 nitrogen and oxygen atoms in total. The van der Waals surface area contributed by atoms with Crippen molar-refractivity contribution < 1.29 is 19.1 Å². The fraction of sp³-hybridized carbons (Fsp3) is 0.750. The van der Waals surface area contributed by atoms with Crippen LogP contribution in [0.5, 0.6) is 0 Å². The Kier molecular flexibility index (Phi) is 7.68. The second-order valence-corrected chi connectivity index (χ2v) is 8.28. The first-order valence-electron chi connectivity index (χ1n) is 9.97. The average Bonchev–Trinajstić information content (AvgIpc) is 2.85. The van der Waals surface area contributed by atoms with Crippen LogP contribution >= 0.6 is 0 Å². The first-order chi connectivity index (χ1) is 12.7. The van der Waals surface area contributed by atoms with Crippen LogP contribution in [0.3, 0.4) is 0 Å². The summed E-state index contributed by atoms with van der Waals surface area (Å²) < 4.78 is 5.14. The van der Waals surface area contributed by atoms with Gasteiger partial charge in [0.15, 0.2) is 0 Å². The van der Waals surface area contributed by atoms with Crippen molar-refractivity contribution in [3.05, 3.63) is 11.6 Å². The van der Waals surface area contributed by atoms with E-state index in [9.17, 15) is 14.4 Å². The van der Waals surface area contributed by atoms with E-state index in [1.165, 1.54) is 24.8 Å². The number of carbonyl (C=O) groups excluding carboxylic acids is 3. The van der Waals surface area contributed by atoms with Crippen LogP contribution in [0.1, 0.15) is 59.3 Å². The van der Waals surface area contributed by atoms with Gasteiger partial charge in [-0.15, -0.1) is 0 Å². The van der Waals surface area contributed by atoms with Crippen molar-refractivity contribution in [2.45, 2.75) is 64.9 Å². The normalized spacial score (nSPS) is 18.6. The van der Waals surface area contributed by atoms with Gasteiger partial charge >= 0.3 is 6.09 Å². The maximum atomic E-state index is 12.5. The summed E-state index contributed by atoms with van der Waals surface area (Å²) in [5, 5.41) is 2.50. The Labute approximate surface area is 162 Å². The maximum Gasteiger partial charge on any atom is 0.408 e. The number of nitrogens with one attached hydrogen (secondary N) is 1. The third-order valence-corrected chi connectivity index (χ3v) is 4.77. The second kappa shape index (κ2) is 9.76. The second-order valence-electron chi connectivity index (χ2n) is 8.28. The van der Waals surface area contributed by atoms with Crippen LogP contribution in [0.15, 0.2) is 11.6 Å². The van der Waals surface area contributed by atoms with Gasteiger partial charge in [0.1, 0.15) is 12.1 Å². The number of rotatable bonds is 3. The molecule has 1 heterocycles. The molecule has 1 saturated carbocycles. The molecular formula is C20H33N3O4. The lowest BCUT2D eigenvalue weighted by atomic mass is 9.94. The van der Waals surface area contributed by atoms with Gasteiger partial charge in [0.05, 0.1) is 0 Å². The lowest BCUT2D eigenvalue weighted by Gasteiger charge is -2.23. The fourth-order valence-electron chi connectivity index (χ4n) is 3.38. The van der Waals surface area contributed by atoms with Crippen LogP contribution in [0.2, 0.25) is 0 Å². The summed E-state index contributed by atoms with van der Waals surface area (Å²) in [7, 11) is 0. The highest BCUT2D eigenvalue weighted by Crippen LogP contribution is 2.22. The zero-order valence-electron chi connectivity index (χ0n) is 16.9. The van der Waals surface area contributed by atoms with Gasteiger partial charge in [0.2, 0.25) is 11.8 Å². The van der Waals surface area contributed by atoms with E-state index in [2.05, 4.69) is 5.32 Å². The number of carbonyl (C=O) groups is 3. The number of allylic oxidation sites excluding steroid dienone is 1. The molecule has 0 bridgehead atoms. The van der Waals surface area contributed by atoms with Crippen LogP contribution in [0.4, 0.5) is 4.79 Å². The highest BCUT2D eigenvalue weighted by Gasteiger charge is 2.23. The molecular weight excluding hydrogens is 346 g/mol. The van der Waals surface area contributed by atoms with Crippen LogP contribution < -0.4 is 5.32 Å². The molecule has 1 aliphatic heterocycles. The van der Waals surface area contributed by atoms with Gasteiger partial charge in [0.25, 0.3) is 0 Å². The van der Waals surface area contributed by atoms with E-state index in [0.29, 0.717) is 26.2 Å². The molecule has 2 rings (SSSR count). The van der Waals surface area contributed by atoms with Crippen molar-refractivity contribution in [3.63, 3.8) is 0 Å². The van der Waals surface area contributed by atoms with Crippen molar-refractivity contribution in [1.82, 2.24) is 15.1 Å². The number of hydrogen-bond donors (Lipinski definition) is 1. The highest BCUT2D eigenvalue weighted by atomic mass is 16.6. The van der Waals surface area contributed by atoms with Crippen LogP contribution in [-0.4, -0.2) is 66.0 Å². The summed E-state index contributed by atoms with van der Waals surface area (Å²) in [5.74, 6) is -0.0890. The van der Waals surface area contributed by atoms with E-state index < -0.39 is 11.7 Å². The van der Waals surface area contributed by atoms with Crippen LogP contribution in [-0.2, 0) is 14.3 Å². The molecule has 0 atom stereocenters. The monoisotopic (exact) mass is 379 g/mol. The summed E-state index contributed by atoms with van der Waals surface area (Å²) in [5.41, 5.74) is 0.661. The minimum atomic E-state index is -0.596. The summed E-state index contributed by atoms with van der Waals surface area (Å²) >= 11 is 0. The lowest BCUT2D eigenvalue weighted by Crippen LogP contribution is -2.43. The number of alkyl carbamates (subject to hydrolysis) is 1. The summed E-state index contributed by atoms with van der Waals surface area (Å²) in [4.78, 5) is 40.1. The topological polar surface area (TPSA) is 79.0 Å². The SMILES string of the molecule is CC(C)(C)OC(=O)NCC(=O)N1CCCN(C(=O)C=C2CCCCC2)CC1. The molecule has 1 N–H and O–H groups in total. The predicted molar refractivity (Wildman–Crippen MR) is 103 cm³/mol. The van der Waals surface area contributed by atoms with Crippen molar-refractivity contribution in [2.24, 2.45) is 0 Å². The van der Waals surface area contributed by atoms with Crippen molar-refractivity contribution >= 4 is 17.9 Å². The molecule has 7 heteroatoms. The van der Waals surface area contributed by atoms with Gasteiger partial charge in [-0.3, -0.25) is 9.59 Å². The molecule has 0 radical (unpaired) electrons.